The summed E-state index contributed by atoms with van der Waals surface area (Å²) >= 11 is 0. The Morgan fingerprint density at radius 3 is 2.58 bits per heavy atom. The number of nitrogen functional groups attached to an aromatic ring is 1. The van der Waals surface area contributed by atoms with Crippen molar-refractivity contribution in [3.8, 4) is 22.8 Å². The van der Waals surface area contributed by atoms with Gasteiger partial charge >= 0.3 is 0 Å². The van der Waals surface area contributed by atoms with Gasteiger partial charge in [-0.1, -0.05) is 12.1 Å². The maximum absolute atomic E-state index is 11.9. The number of carbonyl (C=O) groups is 1. The molecule has 0 saturated heterocycles. The third-order valence-electron chi connectivity index (χ3n) is 3.89. The molecule has 0 aliphatic heterocycles. The predicted molar refractivity (Wildman–Crippen MR) is 90.9 cm³/mol. The normalized spacial score (nSPS) is 10.8. The quantitative estimate of drug-likeness (QED) is 0.680. The number of hydrogen-bond donors (Lipinski definition) is 3. The van der Waals surface area contributed by atoms with Gasteiger partial charge in [-0.25, -0.2) is 4.68 Å². The van der Waals surface area contributed by atoms with Gasteiger partial charge in [-0.2, -0.15) is 5.10 Å². The van der Waals surface area contributed by atoms with Crippen molar-refractivity contribution in [3.63, 3.8) is 0 Å². The summed E-state index contributed by atoms with van der Waals surface area (Å²) in [5.74, 6) is -0.458. The van der Waals surface area contributed by atoms with Crippen molar-refractivity contribution < 1.29 is 9.90 Å². The van der Waals surface area contributed by atoms with E-state index in [4.69, 9.17) is 11.5 Å². The highest BCUT2D eigenvalue weighted by atomic mass is 16.3. The third-order valence-corrected chi connectivity index (χ3v) is 3.89. The van der Waals surface area contributed by atoms with Crippen molar-refractivity contribution in [2.75, 3.05) is 5.73 Å². The molecule has 0 fully saturated rings. The molecule has 5 N–H and O–H groups in total. The number of nitrogens with two attached hydrogens (primary N) is 2. The Bertz CT molecular complexity index is 932. The Morgan fingerprint density at radius 2 is 1.96 bits per heavy atom. The molecule has 0 atom stereocenters. The van der Waals surface area contributed by atoms with Gasteiger partial charge in [-0.3, -0.25) is 9.78 Å². The van der Waals surface area contributed by atoms with Crippen molar-refractivity contribution in [1.82, 2.24) is 14.8 Å². The average Bonchev–Trinajstić information content (AvgIpc) is 2.90. The van der Waals surface area contributed by atoms with Crippen LogP contribution in [-0.4, -0.2) is 25.8 Å². The number of nitrogens with zero attached hydrogens (tertiary/aromatic N) is 3. The summed E-state index contributed by atoms with van der Waals surface area (Å²) in [5.41, 5.74) is 14.6. The van der Waals surface area contributed by atoms with E-state index in [0.29, 0.717) is 22.6 Å². The van der Waals surface area contributed by atoms with Crippen LogP contribution in [0.5, 0.6) is 5.75 Å². The highest BCUT2D eigenvalue weighted by Gasteiger charge is 2.24. The molecule has 3 aromatic rings. The molecule has 0 spiro atoms. The Morgan fingerprint density at radius 1 is 1.21 bits per heavy atom. The molecule has 7 nitrogen and oxygen atoms in total. The van der Waals surface area contributed by atoms with Crippen LogP contribution in [0.4, 0.5) is 5.82 Å². The zero-order chi connectivity index (χ0) is 17.4. The van der Waals surface area contributed by atoms with E-state index in [-0.39, 0.29) is 17.1 Å². The minimum atomic E-state index is -0.685. The fourth-order valence-electron chi connectivity index (χ4n) is 2.68. The fourth-order valence-corrected chi connectivity index (χ4v) is 2.68. The molecule has 1 aromatic carbocycles. The number of hydrogen-bond acceptors (Lipinski definition) is 5. The maximum atomic E-state index is 11.9. The molecule has 0 saturated carbocycles. The Balaban J connectivity index is 2.33. The van der Waals surface area contributed by atoms with Gasteiger partial charge in [0.2, 0.25) is 0 Å². The lowest BCUT2D eigenvalue weighted by Gasteiger charge is -2.12. The second-order valence-electron chi connectivity index (χ2n) is 5.48. The molecule has 2 aromatic heterocycles. The standard InChI is InChI=1S/C17H17N5O2/c1-9-6-7-12(23)10(2)15(9)22-16(18)13(17(19)24)14(21-22)11-5-3-4-8-20-11/h3-8,23H,18H2,1-2H3,(H2,19,24). The van der Waals surface area contributed by atoms with Gasteiger partial charge < -0.3 is 16.6 Å². The van der Waals surface area contributed by atoms with Crippen LogP contribution in [0.3, 0.4) is 0 Å². The lowest BCUT2D eigenvalue weighted by atomic mass is 10.1. The van der Waals surface area contributed by atoms with Crippen LogP contribution in [0.25, 0.3) is 17.1 Å². The van der Waals surface area contributed by atoms with E-state index in [0.717, 1.165) is 5.56 Å². The Labute approximate surface area is 138 Å². The molecule has 0 radical (unpaired) electrons. The van der Waals surface area contributed by atoms with E-state index >= 15 is 0 Å². The van der Waals surface area contributed by atoms with Crippen LogP contribution in [-0.2, 0) is 0 Å². The first-order valence-electron chi connectivity index (χ1n) is 7.31. The zero-order valence-corrected chi connectivity index (χ0v) is 13.3. The number of anilines is 1. The van der Waals surface area contributed by atoms with Gasteiger partial charge in [-0.05, 0) is 37.6 Å². The molecule has 0 aliphatic rings. The topological polar surface area (TPSA) is 120 Å². The largest absolute Gasteiger partial charge is 0.508 e. The number of rotatable bonds is 3. The Kier molecular flexibility index (Phi) is 3.69. The molecule has 1 amide bonds. The van der Waals surface area contributed by atoms with Crippen LogP contribution in [0.2, 0.25) is 0 Å². The van der Waals surface area contributed by atoms with Crippen LogP contribution < -0.4 is 11.5 Å². The van der Waals surface area contributed by atoms with Gasteiger partial charge in [0.05, 0.1) is 11.4 Å². The summed E-state index contributed by atoms with van der Waals surface area (Å²) in [6.07, 6.45) is 1.60. The smallest absolute Gasteiger partial charge is 0.254 e. The van der Waals surface area contributed by atoms with Crippen molar-refractivity contribution in [1.29, 1.82) is 0 Å². The summed E-state index contributed by atoms with van der Waals surface area (Å²) in [4.78, 5) is 16.1. The van der Waals surface area contributed by atoms with Gasteiger partial charge in [-0.15, -0.1) is 0 Å². The lowest BCUT2D eigenvalue weighted by Crippen LogP contribution is -2.14. The van der Waals surface area contributed by atoms with Gasteiger partial charge in [0.15, 0.2) is 0 Å². The highest BCUT2D eigenvalue weighted by Crippen LogP contribution is 2.32. The van der Waals surface area contributed by atoms with Crippen LogP contribution in [0.15, 0.2) is 36.5 Å². The van der Waals surface area contributed by atoms with E-state index in [2.05, 4.69) is 10.1 Å². The number of primary amides is 1. The van der Waals surface area contributed by atoms with Crippen molar-refractivity contribution in [2.45, 2.75) is 13.8 Å². The predicted octanol–water partition coefficient (Wildman–Crippen LogP) is 1.94. The minimum absolute atomic E-state index is 0.107. The number of carbonyl (C=O) groups excluding carboxylic acids is 1. The van der Waals surface area contributed by atoms with Crippen molar-refractivity contribution >= 4 is 11.7 Å². The lowest BCUT2D eigenvalue weighted by molar-refractivity contribution is 0.100. The summed E-state index contributed by atoms with van der Waals surface area (Å²) in [7, 11) is 0. The average molecular weight is 323 g/mol. The Hall–Kier alpha value is -3.35. The first-order valence-corrected chi connectivity index (χ1v) is 7.31. The SMILES string of the molecule is Cc1ccc(O)c(C)c1-n1nc(-c2ccccn2)c(C(N)=O)c1N. The van der Waals surface area contributed by atoms with Crippen molar-refractivity contribution in [2.24, 2.45) is 5.73 Å². The van der Waals surface area contributed by atoms with Crippen LogP contribution in [0.1, 0.15) is 21.5 Å². The number of aryl methyl sites for hydroxylation is 1. The molecule has 0 aliphatic carbocycles. The number of phenols is 1. The fraction of sp³-hybridized carbons (Fsp3) is 0.118. The molecule has 0 unspecified atom stereocenters. The summed E-state index contributed by atoms with van der Waals surface area (Å²) in [6.45, 7) is 3.62. The third kappa shape index (κ3) is 2.36. The molecular weight excluding hydrogens is 306 g/mol. The van der Waals surface area contributed by atoms with Gasteiger partial charge in [0.25, 0.3) is 5.91 Å². The van der Waals surface area contributed by atoms with E-state index in [1.165, 1.54) is 4.68 Å². The summed E-state index contributed by atoms with van der Waals surface area (Å²) in [5, 5.41) is 14.4. The molecule has 24 heavy (non-hydrogen) atoms. The molecule has 2 heterocycles. The van der Waals surface area contributed by atoms with Gasteiger partial charge in [0.1, 0.15) is 22.8 Å². The second-order valence-corrected chi connectivity index (χ2v) is 5.48. The number of aromatic hydroxyl groups is 1. The van der Waals surface area contributed by atoms with E-state index in [9.17, 15) is 9.90 Å². The number of phenolic OH excluding ortho intramolecular Hbond substituents is 1. The minimum Gasteiger partial charge on any atom is -0.508 e. The van der Waals surface area contributed by atoms with E-state index in [1.54, 1.807) is 43.5 Å². The highest BCUT2D eigenvalue weighted by molar-refractivity contribution is 6.03. The summed E-state index contributed by atoms with van der Waals surface area (Å²) < 4.78 is 1.43. The first-order chi connectivity index (χ1) is 11.4. The molecule has 122 valence electrons. The first kappa shape index (κ1) is 15.5. The van der Waals surface area contributed by atoms with E-state index < -0.39 is 5.91 Å². The monoisotopic (exact) mass is 323 g/mol. The molecular formula is C17H17N5O2. The van der Waals surface area contributed by atoms with Crippen LogP contribution in [0, 0.1) is 13.8 Å². The van der Waals surface area contributed by atoms with Gasteiger partial charge in [0, 0.05) is 11.8 Å². The van der Waals surface area contributed by atoms with Crippen LogP contribution >= 0.6 is 0 Å². The molecule has 0 bridgehead atoms. The van der Waals surface area contributed by atoms with E-state index in [1.807, 2.05) is 6.92 Å². The number of pyridine rings is 1. The molecule has 7 heteroatoms. The molecule has 3 rings (SSSR count). The maximum Gasteiger partial charge on any atom is 0.254 e. The number of aromatic nitrogens is 3. The summed E-state index contributed by atoms with van der Waals surface area (Å²) in [6, 6.07) is 8.62. The number of benzene rings is 1. The second kappa shape index (κ2) is 5.69. The zero-order valence-electron chi connectivity index (χ0n) is 13.3. The number of amides is 1. The van der Waals surface area contributed by atoms with Crippen molar-refractivity contribution in [3.05, 3.63) is 53.2 Å².